The highest BCUT2D eigenvalue weighted by atomic mass is 32.2. The molecule has 2 rings (SSSR count). The average Bonchev–Trinajstić information content (AvgIpc) is 3.06. The number of rotatable bonds is 10. The summed E-state index contributed by atoms with van der Waals surface area (Å²) in [6, 6.07) is 4.66. The Hall–Kier alpha value is -1.93. The SMILES string of the molecule is CCCN(CCC)S(=O)(=O)c1ccc(N2CCCC2=O)c(NC(=O)CC(C)C)c1. The van der Waals surface area contributed by atoms with Crippen molar-refractivity contribution in [2.75, 3.05) is 29.9 Å². The molecule has 0 bridgehead atoms. The van der Waals surface area contributed by atoms with Gasteiger partial charge in [-0.2, -0.15) is 4.31 Å². The average molecular weight is 424 g/mol. The van der Waals surface area contributed by atoms with E-state index in [-0.39, 0.29) is 22.6 Å². The first-order chi connectivity index (χ1) is 13.7. The van der Waals surface area contributed by atoms with E-state index >= 15 is 0 Å². The fraction of sp³-hybridized carbons (Fsp3) is 0.619. The highest BCUT2D eigenvalue weighted by Crippen LogP contribution is 2.33. The number of carbonyl (C=O) groups excluding carboxylic acids is 2. The lowest BCUT2D eigenvalue weighted by Crippen LogP contribution is -2.33. The molecule has 1 fully saturated rings. The molecule has 0 spiro atoms. The van der Waals surface area contributed by atoms with Gasteiger partial charge in [0.05, 0.1) is 16.3 Å². The summed E-state index contributed by atoms with van der Waals surface area (Å²) in [5, 5.41) is 2.84. The third-order valence-electron chi connectivity index (χ3n) is 4.78. The van der Waals surface area contributed by atoms with Gasteiger partial charge in [0, 0.05) is 32.5 Å². The number of amides is 2. The Morgan fingerprint density at radius 1 is 1.21 bits per heavy atom. The summed E-state index contributed by atoms with van der Waals surface area (Å²) in [6.07, 6.45) is 2.97. The second kappa shape index (κ2) is 10.2. The minimum absolute atomic E-state index is 0.0152. The Morgan fingerprint density at radius 2 is 1.86 bits per heavy atom. The van der Waals surface area contributed by atoms with Crippen LogP contribution in [0.3, 0.4) is 0 Å². The van der Waals surface area contributed by atoms with E-state index in [1.165, 1.54) is 16.4 Å². The number of nitrogens with one attached hydrogen (secondary N) is 1. The van der Waals surface area contributed by atoms with Crippen molar-refractivity contribution in [1.29, 1.82) is 0 Å². The number of anilines is 2. The largest absolute Gasteiger partial charge is 0.324 e. The minimum Gasteiger partial charge on any atom is -0.324 e. The van der Waals surface area contributed by atoms with Crippen LogP contribution in [0.25, 0.3) is 0 Å². The van der Waals surface area contributed by atoms with Gasteiger partial charge in [-0.05, 0) is 43.4 Å². The van der Waals surface area contributed by atoms with Gasteiger partial charge in [0.2, 0.25) is 21.8 Å². The van der Waals surface area contributed by atoms with Crippen LogP contribution in [0.15, 0.2) is 23.1 Å². The van der Waals surface area contributed by atoms with Gasteiger partial charge < -0.3 is 10.2 Å². The quantitative estimate of drug-likeness (QED) is 0.623. The standard InChI is InChI=1S/C21H33N3O4S/c1-5-11-23(12-6-2)29(27,28)17-9-10-19(24-13-7-8-21(24)26)18(15-17)22-20(25)14-16(3)4/h9-10,15-16H,5-8,11-14H2,1-4H3,(H,22,25). The van der Waals surface area contributed by atoms with Gasteiger partial charge in [0.1, 0.15) is 0 Å². The molecule has 1 heterocycles. The number of carbonyl (C=O) groups is 2. The first-order valence-corrected chi connectivity index (χ1v) is 11.9. The van der Waals surface area contributed by atoms with E-state index in [4.69, 9.17) is 0 Å². The topological polar surface area (TPSA) is 86.8 Å². The molecule has 0 aliphatic carbocycles. The van der Waals surface area contributed by atoms with Crippen molar-refractivity contribution in [1.82, 2.24) is 4.31 Å². The van der Waals surface area contributed by atoms with Crippen molar-refractivity contribution >= 4 is 33.2 Å². The van der Waals surface area contributed by atoms with Crippen molar-refractivity contribution in [3.8, 4) is 0 Å². The Kier molecular flexibility index (Phi) is 8.22. The lowest BCUT2D eigenvalue weighted by Gasteiger charge is -2.24. The molecule has 1 N–H and O–H groups in total. The van der Waals surface area contributed by atoms with E-state index in [1.54, 1.807) is 11.0 Å². The highest BCUT2D eigenvalue weighted by molar-refractivity contribution is 7.89. The maximum atomic E-state index is 13.2. The summed E-state index contributed by atoms with van der Waals surface area (Å²) in [5.41, 5.74) is 0.931. The van der Waals surface area contributed by atoms with Gasteiger partial charge in [0.15, 0.2) is 0 Å². The van der Waals surface area contributed by atoms with Crippen LogP contribution >= 0.6 is 0 Å². The zero-order valence-electron chi connectivity index (χ0n) is 17.9. The molecule has 1 aliphatic rings. The predicted molar refractivity (Wildman–Crippen MR) is 115 cm³/mol. The predicted octanol–water partition coefficient (Wildman–Crippen LogP) is 3.61. The van der Waals surface area contributed by atoms with Crippen LogP contribution in [0.1, 0.15) is 59.8 Å². The normalized spacial score (nSPS) is 14.8. The van der Waals surface area contributed by atoms with Crippen LogP contribution in [0.4, 0.5) is 11.4 Å². The van der Waals surface area contributed by atoms with Crippen LogP contribution in [0, 0.1) is 5.92 Å². The van der Waals surface area contributed by atoms with Gasteiger partial charge in [-0.3, -0.25) is 9.59 Å². The fourth-order valence-corrected chi connectivity index (χ4v) is 5.14. The first-order valence-electron chi connectivity index (χ1n) is 10.4. The van der Waals surface area contributed by atoms with Crippen LogP contribution < -0.4 is 10.2 Å². The molecule has 7 nitrogen and oxygen atoms in total. The van der Waals surface area contributed by atoms with Crippen LogP contribution in [0.2, 0.25) is 0 Å². The molecule has 162 valence electrons. The smallest absolute Gasteiger partial charge is 0.243 e. The molecule has 1 aromatic carbocycles. The van der Waals surface area contributed by atoms with E-state index in [0.29, 0.717) is 43.9 Å². The molecule has 0 aromatic heterocycles. The zero-order chi connectivity index (χ0) is 21.6. The highest BCUT2D eigenvalue weighted by Gasteiger charge is 2.28. The number of hydrogen-bond donors (Lipinski definition) is 1. The Morgan fingerprint density at radius 3 is 2.38 bits per heavy atom. The molecule has 0 radical (unpaired) electrons. The Labute approximate surface area is 174 Å². The van der Waals surface area contributed by atoms with Crippen LogP contribution in [0.5, 0.6) is 0 Å². The molecular weight excluding hydrogens is 390 g/mol. The number of nitrogens with zero attached hydrogens (tertiary/aromatic N) is 2. The molecule has 2 amide bonds. The molecule has 0 saturated carbocycles. The van der Waals surface area contributed by atoms with Crippen LogP contribution in [-0.4, -0.2) is 44.2 Å². The van der Waals surface area contributed by atoms with Crippen LogP contribution in [-0.2, 0) is 19.6 Å². The van der Waals surface area contributed by atoms with Gasteiger partial charge in [-0.15, -0.1) is 0 Å². The summed E-state index contributed by atoms with van der Waals surface area (Å²) in [4.78, 5) is 26.4. The molecule has 1 aromatic rings. The first kappa shape index (κ1) is 23.3. The molecule has 8 heteroatoms. The molecule has 29 heavy (non-hydrogen) atoms. The van der Waals surface area contributed by atoms with Gasteiger partial charge in [-0.1, -0.05) is 27.7 Å². The zero-order valence-corrected chi connectivity index (χ0v) is 18.7. The minimum atomic E-state index is -3.68. The monoisotopic (exact) mass is 423 g/mol. The van der Waals surface area contributed by atoms with E-state index in [9.17, 15) is 18.0 Å². The lowest BCUT2D eigenvalue weighted by atomic mass is 10.1. The van der Waals surface area contributed by atoms with Crippen molar-refractivity contribution in [3.63, 3.8) is 0 Å². The lowest BCUT2D eigenvalue weighted by molar-refractivity contribution is -0.118. The number of hydrogen-bond acceptors (Lipinski definition) is 4. The van der Waals surface area contributed by atoms with Gasteiger partial charge in [-0.25, -0.2) is 8.42 Å². The maximum absolute atomic E-state index is 13.2. The van der Waals surface area contributed by atoms with Crippen molar-refractivity contribution in [2.45, 2.75) is 64.7 Å². The summed E-state index contributed by atoms with van der Waals surface area (Å²) >= 11 is 0. The van der Waals surface area contributed by atoms with E-state index in [1.807, 2.05) is 27.7 Å². The second-order valence-electron chi connectivity index (χ2n) is 7.88. The molecule has 0 unspecified atom stereocenters. The van der Waals surface area contributed by atoms with Crippen molar-refractivity contribution in [3.05, 3.63) is 18.2 Å². The Balaban J connectivity index is 2.46. The summed E-state index contributed by atoms with van der Waals surface area (Å²) in [7, 11) is -3.68. The molecule has 1 aliphatic heterocycles. The molecule has 0 atom stereocenters. The van der Waals surface area contributed by atoms with E-state index < -0.39 is 10.0 Å². The number of sulfonamides is 1. The number of benzene rings is 1. The summed E-state index contributed by atoms with van der Waals surface area (Å²) in [5.74, 6) is -0.0386. The van der Waals surface area contributed by atoms with Gasteiger partial charge >= 0.3 is 0 Å². The maximum Gasteiger partial charge on any atom is 0.243 e. The fourth-order valence-electron chi connectivity index (χ4n) is 3.49. The van der Waals surface area contributed by atoms with E-state index in [0.717, 1.165) is 19.3 Å². The Bertz CT molecular complexity index is 830. The summed E-state index contributed by atoms with van der Waals surface area (Å²) < 4.78 is 27.8. The van der Waals surface area contributed by atoms with Crippen molar-refractivity contribution < 1.29 is 18.0 Å². The molecular formula is C21H33N3O4S. The summed E-state index contributed by atoms with van der Waals surface area (Å²) in [6.45, 7) is 9.22. The third kappa shape index (κ3) is 5.79. The second-order valence-corrected chi connectivity index (χ2v) is 9.82. The third-order valence-corrected chi connectivity index (χ3v) is 6.68. The van der Waals surface area contributed by atoms with Crippen molar-refractivity contribution in [2.24, 2.45) is 5.92 Å². The van der Waals surface area contributed by atoms with Gasteiger partial charge in [0.25, 0.3) is 0 Å². The van der Waals surface area contributed by atoms with E-state index in [2.05, 4.69) is 5.32 Å². The molecule has 1 saturated heterocycles.